The van der Waals surface area contributed by atoms with Crippen LogP contribution in [0.15, 0.2) is 23.1 Å². The summed E-state index contributed by atoms with van der Waals surface area (Å²) in [5, 5.41) is 4.42. The van der Waals surface area contributed by atoms with Crippen molar-refractivity contribution in [3.05, 3.63) is 28.7 Å². The van der Waals surface area contributed by atoms with E-state index in [0.717, 1.165) is 43.4 Å². The summed E-state index contributed by atoms with van der Waals surface area (Å²) >= 11 is 1.67. The second kappa shape index (κ2) is 8.16. The van der Waals surface area contributed by atoms with E-state index in [1.54, 1.807) is 18.2 Å². The first-order valence-corrected chi connectivity index (χ1v) is 10.7. The molecular weight excluding hydrogens is 360 g/mol. The molecule has 3 heterocycles. The monoisotopic (exact) mass is 388 g/mol. The van der Waals surface area contributed by atoms with Crippen LogP contribution in [-0.2, 0) is 0 Å². The Bertz CT molecular complexity index is 848. The van der Waals surface area contributed by atoms with Gasteiger partial charge in [0.1, 0.15) is 5.65 Å². The Kier molecular flexibility index (Phi) is 5.66. The number of pyridine rings is 1. The van der Waals surface area contributed by atoms with E-state index in [0.29, 0.717) is 17.9 Å². The number of aromatic nitrogens is 3. The van der Waals surface area contributed by atoms with Crippen molar-refractivity contribution in [2.24, 2.45) is 5.92 Å². The van der Waals surface area contributed by atoms with Gasteiger partial charge in [-0.25, -0.2) is 9.29 Å². The molecule has 2 fully saturated rings. The lowest BCUT2D eigenvalue weighted by Crippen LogP contribution is -2.37. The number of piperidine rings is 1. The van der Waals surface area contributed by atoms with Gasteiger partial charge in [-0.3, -0.25) is 14.1 Å². The highest BCUT2D eigenvalue weighted by Crippen LogP contribution is 2.35. The molecule has 1 saturated heterocycles. The van der Waals surface area contributed by atoms with Crippen LogP contribution in [0.3, 0.4) is 0 Å². The lowest BCUT2D eigenvalue weighted by molar-refractivity contribution is 0.356. The normalized spacial score (nSPS) is 24.5. The molecule has 2 atom stereocenters. The highest BCUT2D eigenvalue weighted by Gasteiger charge is 2.27. The molecule has 2 unspecified atom stereocenters. The van der Waals surface area contributed by atoms with Crippen LogP contribution in [-0.4, -0.2) is 45.0 Å². The molecule has 0 amide bonds. The maximum atomic E-state index is 12.6. The van der Waals surface area contributed by atoms with E-state index in [1.807, 2.05) is 23.9 Å². The maximum Gasteiger partial charge on any atom is 0.252 e. The Balaban J connectivity index is 1.57. The first-order valence-electron chi connectivity index (χ1n) is 9.89. The fourth-order valence-electron chi connectivity index (χ4n) is 4.34. The molecule has 2 aliphatic rings. The van der Waals surface area contributed by atoms with Crippen LogP contribution in [0, 0.1) is 5.92 Å². The van der Waals surface area contributed by atoms with Gasteiger partial charge in [0.05, 0.1) is 0 Å². The average molecular weight is 389 g/mol. The highest BCUT2D eigenvalue weighted by atomic mass is 32.2. The number of fused-ring (bicyclic) bond motifs is 1. The molecule has 1 saturated carbocycles. The zero-order chi connectivity index (χ0) is 18.8. The van der Waals surface area contributed by atoms with Gasteiger partial charge in [-0.05, 0) is 44.7 Å². The van der Waals surface area contributed by atoms with Gasteiger partial charge in [-0.1, -0.05) is 13.3 Å². The van der Waals surface area contributed by atoms with E-state index in [1.165, 1.54) is 12.8 Å². The lowest BCUT2D eigenvalue weighted by atomic mass is 10.1. The van der Waals surface area contributed by atoms with Gasteiger partial charge in [0.15, 0.2) is 0 Å². The van der Waals surface area contributed by atoms with Crippen molar-refractivity contribution in [1.29, 1.82) is 0 Å². The zero-order valence-corrected chi connectivity index (χ0v) is 16.8. The topological polar surface area (TPSA) is 75.1 Å². The van der Waals surface area contributed by atoms with Crippen LogP contribution in [0.4, 0.5) is 5.95 Å². The molecule has 0 bridgehead atoms. The Morgan fingerprint density at radius 1 is 1.19 bits per heavy atom. The van der Waals surface area contributed by atoms with E-state index in [4.69, 9.17) is 4.98 Å². The van der Waals surface area contributed by atoms with Gasteiger partial charge in [0.25, 0.3) is 5.56 Å². The minimum Gasteiger partial charge on any atom is -0.351 e. The first kappa shape index (κ1) is 18.7. The van der Waals surface area contributed by atoms with Gasteiger partial charge in [0.2, 0.25) is 5.95 Å². The number of hydrogen-bond donors (Lipinski definition) is 2. The van der Waals surface area contributed by atoms with Crippen molar-refractivity contribution in [3.63, 3.8) is 0 Å². The Labute approximate surface area is 164 Å². The van der Waals surface area contributed by atoms with Crippen LogP contribution in [0.25, 0.3) is 11.0 Å². The van der Waals surface area contributed by atoms with Gasteiger partial charge in [-0.2, -0.15) is 4.98 Å². The summed E-state index contributed by atoms with van der Waals surface area (Å²) in [6.07, 6.45) is 7.34. The maximum absolute atomic E-state index is 12.6. The molecule has 4 rings (SSSR count). The first-order chi connectivity index (χ1) is 13.2. The van der Waals surface area contributed by atoms with E-state index in [9.17, 15) is 4.79 Å². The molecule has 27 heavy (non-hydrogen) atoms. The third-order valence-corrected chi connectivity index (χ3v) is 6.63. The second-order valence-corrected chi connectivity index (χ2v) is 8.74. The number of hydrogen-bond acceptors (Lipinski definition) is 7. The summed E-state index contributed by atoms with van der Waals surface area (Å²) in [6, 6.07) is 4.10. The summed E-state index contributed by atoms with van der Waals surface area (Å²) in [6.45, 7) is 4.29. The number of anilines is 1. The van der Waals surface area contributed by atoms with Crippen LogP contribution >= 0.6 is 12.1 Å². The molecule has 146 valence electrons. The van der Waals surface area contributed by atoms with E-state index < -0.39 is 0 Å². The standard InChI is InChI=1S/C19H28N6OS/c1-13-4-3-5-16(13)25-17(26)7-6-14-12-21-19(23-18(14)25)22-15-8-10-24(11-9-15)27-20-2/h6-7,12-13,15-16,20H,3-5,8-11H2,1-2H3,(H,21,22,23). The van der Waals surface area contributed by atoms with Crippen LogP contribution < -0.4 is 15.6 Å². The third kappa shape index (κ3) is 3.97. The third-order valence-electron chi connectivity index (χ3n) is 5.82. The minimum atomic E-state index is 0.0447. The molecular formula is C19H28N6OS. The van der Waals surface area contributed by atoms with Crippen molar-refractivity contribution in [3.8, 4) is 0 Å². The molecule has 1 aliphatic heterocycles. The zero-order valence-electron chi connectivity index (χ0n) is 16.0. The summed E-state index contributed by atoms with van der Waals surface area (Å²) in [5.74, 6) is 1.14. The largest absolute Gasteiger partial charge is 0.351 e. The quantitative estimate of drug-likeness (QED) is 0.763. The van der Waals surface area contributed by atoms with E-state index >= 15 is 0 Å². The lowest BCUT2D eigenvalue weighted by Gasteiger charge is -2.30. The number of nitrogens with one attached hydrogen (secondary N) is 2. The molecule has 1 aliphatic carbocycles. The minimum absolute atomic E-state index is 0.0447. The molecule has 2 aromatic heterocycles. The van der Waals surface area contributed by atoms with Gasteiger partial charge in [-0.15, -0.1) is 0 Å². The van der Waals surface area contributed by atoms with Crippen LogP contribution in [0.5, 0.6) is 0 Å². The second-order valence-electron chi connectivity index (χ2n) is 7.63. The van der Waals surface area contributed by atoms with Gasteiger partial charge >= 0.3 is 0 Å². The predicted octanol–water partition coefficient (Wildman–Crippen LogP) is 2.81. The van der Waals surface area contributed by atoms with Crippen molar-refractivity contribution < 1.29 is 0 Å². The number of nitrogens with zero attached hydrogens (tertiary/aromatic N) is 4. The fraction of sp³-hybridized carbons (Fsp3) is 0.632. The summed E-state index contributed by atoms with van der Waals surface area (Å²) in [4.78, 5) is 21.9. The molecule has 8 heteroatoms. The Hall–Kier alpha value is -1.64. The SMILES string of the molecule is CNSN1CCC(Nc2ncc3ccc(=O)n(C4CCCC4C)c3n2)CC1. The molecule has 2 N–H and O–H groups in total. The van der Waals surface area contributed by atoms with Gasteiger partial charge in [0, 0.05) is 55.0 Å². The van der Waals surface area contributed by atoms with Crippen molar-refractivity contribution >= 4 is 29.1 Å². The Morgan fingerprint density at radius 2 is 2.00 bits per heavy atom. The van der Waals surface area contributed by atoms with Crippen molar-refractivity contribution in [2.45, 2.75) is 51.1 Å². The predicted molar refractivity (Wildman–Crippen MR) is 111 cm³/mol. The molecule has 2 aromatic rings. The molecule has 0 aromatic carbocycles. The molecule has 0 spiro atoms. The number of rotatable bonds is 5. The van der Waals surface area contributed by atoms with Crippen LogP contribution in [0.1, 0.15) is 45.1 Å². The molecule has 7 nitrogen and oxygen atoms in total. The summed E-state index contributed by atoms with van der Waals surface area (Å²) in [5.41, 5.74) is 0.810. The Morgan fingerprint density at radius 3 is 2.70 bits per heavy atom. The van der Waals surface area contributed by atoms with Crippen LogP contribution in [0.2, 0.25) is 0 Å². The highest BCUT2D eigenvalue weighted by molar-refractivity contribution is 7.95. The van der Waals surface area contributed by atoms with Gasteiger partial charge < -0.3 is 5.32 Å². The smallest absolute Gasteiger partial charge is 0.252 e. The van der Waals surface area contributed by atoms with E-state index in [-0.39, 0.29) is 11.6 Å². The van der Waals surface area contributed by atoms with Crippen molar-refractivity contribution in [2.75, 3.05) is 25.5 Å². The molecule has 0 radical (unpaired) electrons. The fourth-order valence-corrected chi connectivity index (χ4v) is 4.99. The van der Waals surface area contributed by atoms with E-state index in [2.05, 4.69) is 26.3 Å². The summed E-state index contributed by atoms with van der Waals surface area (Å²) in [7, 11) is 1.95. The summed E-state index contributed by atoms with van der Waals surface area (Å²) < 4.78 is 7.37. The van der Waals surface area contributed by atoms with Crippen molar-refractivity contribution in [1.82, 2.24) is 23.6 Å². The average Bonchev–Trinajstić information content (AvgIpc) is 3.09.